The van der Waals surface area contributed by atoms with Gasteiger partial charge in [-0.05, 0) is 13.3 Å². The first-order valence-electron chi connectivity index (χ1n) is 4.66. The second kappa shape index (κ2) is 6.00. The third kappa shape index (κ3) is 4.44. The largest absolute Gasteiger partial charge is 0.481 e. The Bertz CT molecular complexity index is 263. The lowest BCUT2D eigenvalue weighted by Crippen LogP contribution is -2.44. The number of carbonyl (C=O) groups is 3. The lowest BCUT2D eigenvalue weighted by Gasteiger charge is -2.15. The summed E-state index contributed by atoms with van der Waals surface area (Å²) in [4.78, 5) is 32.3. The monoisotopic (exact) mass is 217 g/mol. The molecule has 0 aliphatic rings. The maximum Gasteiger partial charge on any atom is 0.326 e. The summed E-state index contributed by atoms with van der Waals surface area (Å²) in [6.45, 7) is 2.99. The number of aliphatic carboxylic acids is 2. The Labute approximate surface area is 87.3 Å². The van der Waals surface area contributed by atoms with Crippen LogP contribution in [0.1, 0.15) is 26.7 Å². The molecule has 86 valence electrons. The van der Waals surface area contributed by atoms with Gasteiger partial charge in [-0.15, -0.1) is 0 Å². The predicted molar refractivity (Wildman–Crippen MR) is 51.3 cm³/mol. The Morgan fingerprint density at radius 3 is 2.07 bits per heavy atom. The molecule has 15 heavy (non-hydrogen) atoms. The molecule has 0 radical (unpaired) electrons. The molecule has 0 heterocycles. The minimum atomic E-state index is -1.27. The number of carbonyl (C=O) groups excluding carboxylic acids is 1. The smallest absolute Gasteiger partial charge is 0.326 e. The van der Waals surface area contributed by atoms with E-state index in [-0.39, 0.29) is 6.42 Å². The molecule has 0 saturated carbocycles. The summed E-state index contributed by atoms with van der Waals surface area (Å²) in [7, 11) is 0. The number of rotatable bonds is 6. The molecule has 0 saturated heterocycles. The highest BCUT2D eigenvalue weighted by molar-refractivity contribution is 5.97. The highest BCUT2D eigenvalue weighted by Gasteiger charge is 2.25. The second-order valence-corrected chi connectivity index (χ2v) is 3.25. The molecule has 3 N–H and O–H groups in total. The van der Waals surface area contributed by atoms with Crippen molar-refractivity contribution < 1.29 is 24.6 Å². The van der Waals surface area contributed by atoms with Crippen LogP contribution in [-0.2, 0) is 14.4 Å². The van der Waals surface area contributed by atoms with Crippen molar-refractivity contribution >= 4 is 17.8 Å². The molecular weight excluding hydrogens is 202 g/mol. The highest BCUT2D eigenvalue weighted by Crippen LogP contribution is 2.00. The number of carboxylic acid groups (broad SMARTS) is 2. The van der Waals surface area contributed by atoms with Gasteiger partial charge in [0.05, 0.1) is 0 Å². The molecule has 6 heteroatoms. The average molecular weight is 217 g/mol. The van der Waals surface area contributed by atoms with E-state index in [1.54, 1.807) is 6.92 Å². The van der Waals surface area contributed by atoms with E-state index < -0.39 is 29.8 Å². The summed E-state index contributed by atoms with van der Waals surface area (Å²) in [5, 5.41) is 19.4. The van der Waals surface area contributed by atoms with Crippen LogP contribution >= 0.6 is 0 Å². The minimum absolute atomic E-state index is 0.285. The van der Waals surface area contributed by atoms with Crippen LogP contribution in [0.25, 0.3) is 0 Å². The van der Waals surface area contributed by atoms with E-state index in [0.717, 1.165) is 0 Å². The number of nitrogens with one attached hydrogen (secondary N) is 1. The van der Waals surface area contributed by atoms with Gasteiger partial charge in [0.25, 0.3) is 0 Å². The van der Waals surface area contributed by atoms with Crippen molar-refractivity contribution in [1.82, 2.24) is 5.32 Å². The zero-order chi connectivity index (χ0) is 12.0. The van der Waals surface area contributed by atoms with E-state index in [1.807, 2.05) is 0 Å². The Morgan fingerprint density at radius 2 is 1.73 bits per heavy atom. The van der Waals surface area contributed by atoms with Gasteiger partial charge in [-0.3, -0.25) is 9.59 Å². The Hall–Kier alpha value is -1.59. The third-order valence-corrected chi connectivity index (χ3v) is 1.96. The minimum Gasteiger partial charge on any atom is -0.481 e. The van der Waals surface area contributed by atoms with Crippen molar-refractivity contribution in [3.63, 3.8) is 0 Å². The van der Waals surface area contributed by atoms with Gasteiger partial charge in [-0.2, -0.15) is 0 Å². The molecule has 1 amide bonds. The van der Waals surface area contributed by atoms with Gasteiger partial charge in [0.15, 0.2) is 0 Å². The molecule has 2 atom stereocenters. The predicted octanol–water partition coefficient (Wildman–Crippen LogP) is 0.0766. The molecule has 0 fully saturated rings. The van der Waals surface area contributed by atoms with Crippen molar-refractivity contribution in [2.75, 3.05) is 0 Å². The zero-order valence-corrected chi connectivity index (χ0v) is 8.69. The Kier molecular flexibility index (Phi) is 5.36. The zero-order valence-electron chi connectivity index (χ0n) is 8.69. The fourth-order valence-corrected chi connectivity index (χ4v) is 0.955. The van der Waals surface area contributed by atoms with Gasteiger partial charge < -0.3 is 15.5 Å². The molecule has 0 bridgehead atoms. The summed E-state index contributed by atoms with van der Waals surface area (Å²) in [6, 6.07) is -1.01. The van der Waals surface area contributed by atoms with Crippen LogP contribution < -0.4 is 5.32 Å². The third-order valence-electron chi connectivity index (χ3n) is 1.96. The highest BCUT2D eigenvalue weighted by atomic mass is 16.4. The van der Waals surface area contributed by atoms with Crippen LogP contribution in [0.2, 0.25) is 0 Å². The lowest BCUT2D eigenvalue weighted by atomic mass is 10.1. The number of amides is 1. The van der Waals surface area contributed by atoms with Crippen molar-refractivity contribution in [1.29, 1.82) is 0 Å². The lowest BCUT2D eigenvalue weighted by molar-refractivity contribution is -0.149. The van der Waals surface area contributed by atoms with Gasteiger partial charge in [0, 0.05) is 0 Å². The molecule has 2 unspecified atom stereocenters. The van der Waals surface area contributed by atoms with Gasteiger partial charge in [0.2, 0.25) is 5.91 Å². The Balaban J connectivity index is 4.35. The van der Waals surface area contributed by atoms with Crippen molar-refractivity contribution in [2.24, 2.45) is 5.92 Å². The standard InChI is InChI=1S/C9H15NO5/c1-3-4-6(9(14)15)10-7(11)5(2)8(12)13/h5-6H,3-4H2,1-2H3,(H,10,11)(H,12,13)(H,14,15). The summed E-state index contributed by atoms with van der Waals surface area (Å²) < 4.78 is 0. The molecular formula is C9H15NO5. The first-order valence-corrected chi connectivity index (χ1v) is 4.66. The maximum atomic E-state index is 11.2. The van der Waals surface area contributed by atoms with Crippen LogP contribution in [0.5, 0.6) is 0 Å². The van der Waals surface area contributed by atoms with E-state index in [9.17, 15) is 14.4 Å². The molecule has 0 aromatic rings. The molecule has 0 aliphatic carbocycles. The van der Waals surface area contributed by atoms with E-state index >= 15 is 0 Å². The van der Waals surface area contributed by atoms with E-state index in [2.05, 4.69) is 5.32 Å². The first kappa shape index (κ1) is 13.4. The average Bonchev–Trinajstić information content (AvgIpc) is 2.15. The number of hydrogen-bond acceptors (Lipinski definition) is 3. The summed E-state index contributed by atoms with van der Waals surface area (Å²) in [5.74, 6) is -4.43. The molecule has 0 spiro atoms. The van der Waals surface area contributed by atoms with Gasteiger partial charge >= 0.3 is 11.9 Å². The number of carboxylic acids is 2. The normalized spacial score (nSPS) is 14.0. The second-order valence-electron chi connectivity index (χ2n) is 3.25. The van der Waals surface area contributed by atoms with Crippen LogP contribution in [0, 0.1) is 5.92 Å². The molecule has 0 aromatic heterocycles. The van der Waals surface area contributed by atoms with E-state index in [0.29, 0.717) is 6.42 Å². The van der Waals surface area contributed by atoms with Gasteiger partial charge in [-0.1, -0.05) is 13.3 Å². The number of hydrogen-bond donors (Lipinski definition) is 3. The van der Waals surface area contributed by atoms with Gasteiger partial charge in [-0.25, -0.2) is 4.79 Å². The summed E-state index contributed by atoms with van der Waals surface area (Å²) in [6.07, 6.45) is 0.881. The van der Waals surface area contributed by atoms with Crippen LogP contribution in [0.3, 0.4) is 0 Å². The van der Waals surface area contributed by atoms with Crippen LogP contribution in [0.15, 0.2) is 0 Å². The Morgan fingerprint density at radius 1 is 1.20 bits per heavy atom. The fourth-order valence-electron chi connectivity index (χ4n) is 0.955. The molecule has 0 aromatic carbocycles. The summed E-state index contributed by atoms with van der Waals surface area (Å²) >= 11 is 0. The van der Waals surface area contributed by atoms with Crippen molar-refractivity contribution in [2.45, 2.75) is 32.7 Å². The quantitative estimate of drug-likeness (QED) is 0.546. The van der Waals surface area contributed by atoms with E-state index in [4.69, 9.17) is 10.2 Å². The maximum absolute atomic E-state index is 11.2. The molecule has 0 aliphatic heterocycles. The van der Waals surface area contributed by atoms with Crippen molar-refractivity contribution in [3.8, 4) is 0 Å². The molecule has 0 rings (SSSR count). The van der Waals surface area contributed by atoms with Crippen LogP contribution in [-0.4, -0.2) is 34.1 Å². The van der Waals surface area contributed by atoms with Crippen LogP contribution in [0.4, 0.5) is 0 Å². The molecule has 6 nitrogen and oxygen atoms in total. The van der Waals surface area contributed by atoms with Gasteiger partial charge in [0.1, 0.15) is 12.0 Å². The van der Waals surface area contributed by atoms with Crippen molar-refractivity contribution in [3.05, 3.63) is 0 Å². The van der Waals surface area contributed by atoms with E-state index in [1.165, 1.54) is 6.92 Å². The fraction of sp³-hybridized carbons (Fsp3) is 0.667. The first-order chi connectivity index (χ1) is 6.90. The topological polar surface area (TPSA) is 104 Å². The summed E-state index contributed by atoms with van der Waals surface area (Å²) in [5.41, 5.74) is 0. The SMILES string of the molecule is CCCC(NC(=O)C(C)C(=O)O)C(=O)O.